The summed E-state index contributed by atoms with van der Waals surface area (Å²) in [5, 5.41) is 7.20. The summed E-state index contributed by atoms with van der Waals surface area (Å²) < 4.78 is 5.42. The van der Waals surface area contributed by atoms with Crippen LogP contribution in [0.2, 0.25) is 0 Å². The molecule has 1 saturated carbocycles. The van der Waals surface area contributed by atoms with E-state index in [9.17, 15) is 0 Å². The van der Waals surface area contributed by atoms with Gasteiger partial charge in [-0.05, 0) is 19.4 Å². The molecule has 0 saturated heterocycles. The van der Waals surface area contributed by atoms with Gasteiger partial charge in [-0.3, -0.25) is 0 Å². The highest BCUT2D eigenvalue weighted by atomic mass is 32.1. The first-order valence-electron chi connectivity index (χ1n) is 7.85. The molecule has 2 aromatic heterocycles. The van der Waals surface area contributed by atoms with Crippen molar-refractivity contribution in [2.75, 3.05) is 6.54 Å². The summed E-state index contributed by atoms with van der Waals surface area (Å²) in [6, 6.07) is 0. The first kappa shape index (κ1) is 14.7. The third-order valence-corrected chi connectivity index (χ3v) is 4.95. The van der Waals surface area contributed by atoms with E-state index in [1.807, 2.05) is 5.38 Å². The van der Waals surface area contributed by atoms with Gasteiger partial charge in [-0.1, -0.05) is 37.3 Å². The topological polar surface area (TPSA) is 77.8 Å². The van der Waals surface area contributed by atoms with E-state index in [1.54, 1.807) is 11.3 Å². The van der Waals surface area contributed by atoms with Crippen LogP contribution in [0, 0.1) is 0 Å². The number of nitrogens with two attached hydrogens (primary N) is 1. The van der Waals surface area contributed by atoms with Crippen molar-refractivity contribution in [2.24, 2.45) is 5.73 Å². The molecule has 1 aliphatic carbocycles. The zero-order valence-electron chi connectivity index (χ0n) is 12.3. The molecule has 2 heterocycles. The van der Waals surface area contributed by atoms with Gasteiger partial charge in [-0.15, -0.1) is 11.3 Å². The summed E-state index contributed by atoms with van der Waals surface area (Å²) in [4.78, 5) is 9.09. The summed E-state index contributed by atoms with van der Waals surface area (Å²) in [6.07, 6.45) is 9.72. The van der Waals surface area contributed by atoms with E-state index in [-0.39, 0.29) is 0 Å². The molecular formula is C15H22N4OS. The maximum Gasteiger partial charge on any atom is 0.277 e. The van der Waals surface area contributed by atoms with Crippen molar-refractivity contribution in [2.45, 2.75) is 57.3 Å². The Kier molecular flexibility index (Phi) is 4.98. The molecule has 0 atom stereocenters. The second-order valence-corrected chi connectivity index (χ2v) is 6.61. The first-order valence-corrected chi connectivity index (χ1v) is 8.73. The SMILES string of the molecule is NCCc1nc(-c2nc(C3CCCCCCC3)no2)cs1. The largest absolute Gasteiger partial charge is 0.332 e. The standard InChI is InChI=1S/C15H22N4OS/c16-9-8-13-17-12(10-21-13)15-18-14(19-20-15)11-6-4-2-1-3-5-7-11/h10-11H,1-9,16H2. The van der Waals surface area contributed by atoms with Gasteiger partial charge in [0, 0.05) is 17.7 Å². The number of rotatable bonds is 4. The first-order chi connectivity index (χ1) is 10.4. The number of thiazole rings is 1. The van der Waals surface area contributed by atoms with Crippen molar-refractivity contribution in [1.29, 1.82) is 0 Å². The van der Waals surface area contributed by atoms with Crippen LogP contribution in [0.15, 0.2) is 9.90 Å². The molecule has 0 radical (unpaired) electrons. The Morgan fingerprint density at radius 3 is 2.67 bits per heavy atom. The van der Waals surface area contributed by atoms with Gasteiger partial charge < -0.3 is 10.3 Å². The molecule has 1 aliphatic rings. The molecule has 0 aliphatic heterocycles. The lowest BCUT2D eigenvalue weighted by molar-refractivity contribution is 0.392. The highest BCUT2D eigenvalue weighted by Crippen LogP contribution is 2.30. The van der Waals surface area contributed by atoms with Gasteiger partial charge in [-0.25, -0.2) is 4.98 Å². The molecule has 0 unspecified atom stereocenters. The van der Waals surface area contributed by atoms with Crippen molar-refractivity contribution in [3.63, 3.8) is 0 Å². The molecule has 0 amide bonds. The number of nitrogens with zero attached hydrogens (tertiary/aromatic N) is 3. The lowest BCUT2D eigenvalue weighted by Crippen LogP contribution is -2.04. The maximum absolute atomic E-state index is 5.55. The Labute approximate surface area is 129 Å². The number of hydrogen-bond acceptors (Lipinski definition) is 6. The fraction of sp³-hybridized carbons (Fsp3) is 0.667. The van der Waals surface area contributed by atoms with E-state index < -0.39 is 0 Å². The Balaban J connectivity index is 1.72. The van der Waals surface area contributed by atoms with Crippen molar-refractivity contribution in [3.05, 3.63) is 16.2 Å². The monoisotopic (exact) mass is 306 g/mol. The predicted octanol–water partition coefficient (Wildman–Crippen LogP) is 3.52. The fourth-order valence-corrected chi connectivity index (χ4v) is 3.65. The molecule has 2 aromatic rings. The lowest BCUT2D eigenvalue weighted by atomic mass is 9.91. The van der Waals surface area contributed by atoms with Gasteiger partial charge >= 0.3 is 0 Å². The Morgan fingerprint density at radius 2 is 1.90 bits per heavy atom. The Bertz CT molecular complexity index is 558. The van der Waals surface area contributed by atoms with Gasteiger partial charge in [0.2, 0.25) is 0 Å². The highest BCUT2D eigenvalue weighted by molar-refractivity contribution is 7.09. The summed E-state index contributed by atoms with van der Waals surface area (Å²) in [5.41, 5.74) is 6.34. The predicted molar refractivity (Wildman–Crippen MR) is 83.2 cm³/mol. The zero-order valence-corrected chi connectivity index (χ0v) is 13.1. The van der Waals surface area contributed by atoms with E-state index in [0.717, 1.165) is 22.9 Å². The van der Waals surface area contributed by atoms with Crippen molar-refractivity contribution in [3.8, 4) is 11.6 Å². The minimum absolute atomic E-state index is 0.449. The van der Waals surface area contributed by atoms with Crippen molar-refractivity contribution in [1.82, 2.24) is 15.1 Å². The van der Waals surface area contributed by atoms with Crippen LogP contribution in [0.5, 0.6) is 0 Å². The van der Waals surface area contributed by atoms with E-state index in [4.69, 9.17) is 10.3 Å². The molecule has 3 rings (SSSR count). The second kappa shape index (κ2) is 7.13. The average Bonchev–Trinajstić information content (AvgIpc) is 3.07. The summed E-state index contributed by atoms with van der Waals surface area (Å²) >= 11 is 1.60. The molecule has 114 valence electrons. The summed E-state index contributed by atoms with van der Waals surface area (Å²) in [6.45, 7) is 0.615. The van der Waals surface area contributed by atoms with Crippen LogP contribution in [-0.2, 0) is 6.42 Å². The fourth-order valence-electron chi connectivity index (χ4n) is 2.87. The van der Waals surface area contributed by atoms with Crippen LogP contribution >= 0.6 is 11.3 Å². The van der Waals surface area contributed by atoms with Crippen LogP contribution in [0.3, 0.4) is 0 Å². The van der Waals surface area contributed by atoms with E-state index in [0.29, 0.717) is 18.4 Å². The maximum atomic E-state index is 5.55. The minimum Gasteiger partial charge on any atom is -0.332 e. The van der Waals surface area contributed by atoms with E-state index >= 15 is 0 Å². The van der Waals surface area contributed by atoms with Crippen molar-refractivity contribution >= 4 is 11.3 Å². The van der Waals surface area contributed by atoms with Gasteiger partial charge in [0.15, 0.2) is 5.82 Å². The normalized spacial score (nSPS) is 17.6. The molecule has 2 N–H and O–H groups in total. The van der Waals surface area contributed by atoms with Crippen LogP contribution < -0.4 is 5.73 Å². The van der Waals surface area contributed by atoms with Gasteiger partial charge in [0.1, 0.15) is 5.69 Å². The number of aromatic nitrogens is 3. The average molecular weight is 306 g/mol. The highest BCUT2D eigenvalue weighted by Gasteiger charge is 2.20. The van der Waals surface area contributed by atoms with Crippen LogP contribution in [0.1, 0.15) is 61.7 Å². The van der Waals surface area contributed by atoms with Crippen LogP contribution in [0.4, 0.5) is 0 Å². The molecule has 0 aromatic carbocycles. The van der Waals surface area contributed by atoms with E-state index in [1.165, 1.54) is 44.9 Å². The third kappa shape index (κ3) is 3.68. The van der Waals surface area contributed by atoms with Gasteiger partial charge in [0.25, 0.3) is 5.89 Å². The smallest absolute Gasteiger partial charge is 0.277 e. The van der Waals surface area contributed by atoms with Gasteiger partial charge in [-0.2, -0.15) is 4.98 Å². The Morgan fingerprint density at radius 1 is 1.14 bits per heavy atom. The minimum atomic E-state index is 0.449. The quantitative estimate of drug-likeness (QED) is 0.935. The molecule has 1 fully saturated rings. The zero-order chi connectivity index (χ0) is 14.5. The summed E-state index contributed by atoms with van der Waals surface area (Å²) in [5.74, 6) is 1.86. The van der Waals surface area contributed by atoms with Gasteiger partial charge in [0.05, 0.1) is 5.01 Å². The third-order valence-electron chi connectivity index (χ3n) is 4.04. The molecule has 0 bridgehead atoms. The van der Waals surface area contributed by atoms with Crippen LogP contribution in [0.25, 0.3) is 11.6 Å². The molecule has 5 nitrogen and oxygen atoms in total. The van der Waals surface area contributed by atoms with Crippen LogP contribution in [-0.4, -0.2) is 21.7 Å². The summed E-state index contributed by atoms with van der Waals surface area (Å²) in [7, 11) is 0. The molecule has 6 heteroatoms. The molecule has 21 heavy (non-hydrogen) atoms. The van der Waals surface area contributed by atoms with E-state index in [2.05, 4.69) is 15.1 Å². The molecular weight excluding hydrogens is 284 g/mol. The molecule has 0 spiro atoms. The Hall–Kier alpha value is -1.27. The lowest BCUT2D eigenvalue weighted by Gasteiger charge is -2.15. The van der Waals surface area contributed by atoms with Crippen molar-refractivity contribution < 1.29 is 4.52 Å². The number of hydrogen-bond donors (Lipinski definition) is 1. The second-order valence-electron chi connectivity index (χ2n) is 5.66.